The van der Waals surface area contributed by atoms with Gasteiger partial charge in [-0.15, -0.1) is 0 Å². The summed E-state index contributed by atoms with van der Waals surface area (Å²) in [5.41, 5.74) is 4.32. The molecule has 1 heterocycles. The van der Waals surface area contributed by atoms with Gasteiger partial charge in [-0.2, -0.15) is 0 Å². The fourth-order valence-corrected chi connectivity index (χ4v) is 2.49. The van der Waals surface area contributed by atoms with Gasteiger partial charge in [0.25, 0.3) is 0 Å². The molecule has 1 fully saturated rings. The molecular formula is C17H20N2. The lowest BCUT2D eigenvalue weighted by Crippen LogP contribution is -2.17. The van der Waals surface area contributed by atoms with Crippen molar-refractivity contribution in [3.05, 3.63) is 65.5 Å². The Morgan fingerprint density at radius 1 is 1.11 bits per heavy atom. The first kappa shape index (κ1) is 12.4. The Kier molecular flexibility index (Phi) is 3.89. The summed E-state index contributed by atoms with van der Waals surface area (Å²) in [6, 6.07) is 13.0. The minimum atomic E-state index is 0.830. The van der Waals surface area contributed by atoms with Crippen LogP contribution in [0, 0.1) is 0 Å². The van der Waals surface area contributed by atoms with E-state index in [2.05, 4.69) is 40.6 Å². The molecule has 98 valence electrons. The van der Waals surface area contributed by atoms with E-state index in [-0.39, 0.29) is 0 Å². The maximum atomic E-state index is 4.14. The third-order valence-corrected chi connectivity index (χ3v) is 3.70. The Hall–Kier alpha value is -1.67. The van der Waals surface area contributed by atoms with Crippen LogP contribution < -0.4 is 5.32 Å². The van der Waals surface area contributed by atoms with Gasteiger partial charge in [0, 0.05) is 18.9 Å². The number of benzene rings is 1. The molecule has 3 rings (SSSR count). The molecule has 0 aliphatic heterocycles. The van der Waals surface area contributed by atoms with Gasteiger partial charge >= 0.3 is 0 Å². The Bertz CT molecular complexity index is 518. The van der Waals surface area contributed by atoms with E-state index in [1.807, 2.05) is 18.5 Å². The third-order valence-electron chi connectivity index (χ3n) is 3.70. The molecule has 2 aromatic rings. The molecule has 0 saturated heterocycles. The quantitative estimate of drug-likeness (QED) is 0.798. The van der Waals surface area contributed by atoms with Gasteiger partial charge in [0.15, 0.2) is 0 Å². The molecule has 0 amide bonds. The summed E-state index contributed by atoms with van der Waals surface area (Å²) in [6.07, 6.45) is 7.54. The van der Waals surface area contributed by atoms with Crippen molar-refractivity contribution in [3.63, 3.8) is 0 Å². The molecule has 0 atom stereocenters. The number of rotatable bonds is 6. The van der Waals surface area contributed by atoms with Crippen LogP contribution in [0.25, 0.3) is 0 Å². The highest BCUT2D eigenvalue weighted by atomic mass is 14.8. The van der Waals surface area contributed by atoms with Crippen molar-refractivity contribution >= 4 is 0 Å². The highest BCUT2D eigenvalue weighted by molar-refractivity contribution is 5.33. The summed E-state index contributed by atoms with van der Waals surface area (Å²) in [5.74, 6) is 0.830. The van der Waals surface area contributed by atoms with Crippen LogP contribution in [-0.4, -0.2) is 11.5 Å². The molecule has 1 aliphatic rings. The number of aromatic nitrogens is 1. The molecule has 0 unspecified atom stereocenters. The predicted molar refractivity (Wildman–Crippen MR) is 78.1 cm³/mol. The summed E-state index contributed by atoms with van der Waals surface area (Å²) >= 11 is 0. The Morgan fingerprint density at radius 3 is 2.79 bits per heavy atom. The SMILES string of the molecule is c1cncc(CCNCc2ccccc2C2CC2)c1. The van der Waals surface area contributed by atoms with Crippen molar-refractivity contribution in [2.45, 2.75) is 31.7 Å². The van der Waals surface area contributed by atoms with E-state index in [9.17, 15) is 0 Å². The lowest BCUT2D eigenvalue weighted by Gasteiger charge is -2.09. The van der Waals surface area contributed by atoms with Gasteiger partial charge in [-0.25, -0.2) is 0 Å². The van der Waals surface area contributed by atoms with E-state index in [1.165, 1.54) is 24.0 Å². The first-order valence-electron chi connectivity index (χ1n) is 7.11. The Balaban J connectivity index is 1.50. The van der Waals surface area contributed by atoms with Crippen LogP contribution in [0.4, 0.5) is 0 Å². The molecule has 1 aromatic heterocycles. The fraction of sp³-hybridized carbons (Fsp3) is 0.353. The number of hydrogen-bond donors (Lipinski definition) is 1. The van der Waals surface area contributed by atoms with Crippen molar-refractivity contribution in [3.8, 4) is 0 Å². The van der Waals surface area contributed by atoms with Gasteiger partial charge in [0.2, 0.25) is 0 Å². The maximum absolute atomic E-state index is 4.14. The van der Waals surface area contributed by atoms with Gasteiger partial charge in [-0.05, 0) is 54.5 Å². The number of pyridine rings is 1. The second-order valence-electron chi connectivity index (χ2n) is 5.26. The van der Waals surface area contributed by atoms with E-state index in [0.29, 0.717) is 0 Å². The van der Waals surface area contributed by atoms with E-state index >= 15 is 0 Å². The van der Waals surface area contributed by atoms with Gasteiger partial charge in [0.1, 0.15) is 0 Å². The predicted octanol–water partition coefficient (Wildman–Crippen LogP) is 3.29. The molecule has 1 saturated carbocycles. The Labute approximate surface area is 114 Å². The Morgan fingerprint density at radius 2 is 2.00 bits per heavy atom. The van der Waals surface area contributed by atoms with Gasteiger partial charge in [0.05, 0.1) is 0 Å². The summed E-state index contributed by atoms with van der Waals surface area (Å²) in [6.45, 7) is 1.98. The van der Waals surface area contributed by atoms with E-state index in [4.69, 9.17) is 0 Å². The summed E-state index contributed by atoms with van der Waals surface area (Å²) < 4.78 is 0. The second-order valence-corrected chi connectivity index (χ2v) is 5.26. The monoisotopic (exact) mass is 252 g/mol. The second kappa shape index (κ2) is 5.98. The van der Waals surface area contributed by atoms with Crippen LogP contribution >= 0.6 is 0 Å². The summed E-state index contributed by atoms with van der Waals surface area (Å²) in [5, 5.41) is 3.55. The minimum absolute atomic E-state index is 0.830. The van der Waals surface area contributed by atoms with Crippen molar-refractivity contribution in [2.75, 3.05) is 6.54 Å². The largest absolute Gasteiger partial charge is 0.312 e. The zero-order chi connectivity index (χ0) is 12.9. The zero-order valence-corrected chi connectivity index (χ0v) is 11.2. The molecule has 1 aromatic carbocycles. The van der Waals surface area contributed by atoms with Crippen molar-refractivity contribution < 1.29 is 0 Å². The molecule has 0 bridgehead atoms. The molecule has 2 nitrogen and oxygen atoms in total. The van der Waals surface area contributed by atoms with Crippen LogP contribution in [0.15, 0.2) is 48.8 Å². The highest BCUT2D eigenvalue weighted by Crippen LogP contribution is 2.41. The highest BCUT2D eigenvalue weighted by Gasteiger charge is 2.25. The molecule has 1 aliphatic carbocycles. The van der Waals surface area contributed by atoms with Crippen LogP contribution in [0.5, 0.6) is 0 Å². The fourth-order valence-electron chi connectivity index (χ4n) is 2.49. The average Bonchev–Trinajstić information content (AvgIpc) is 3.30. The lowest BCUT2D eigenvalue weighted by molar-refractivity contribution is 0.681. The maximum Gasteiger partial charge on any atom is 0.0300 e. The topological polar surface area (TPSA) is 24.9 Å². The van der Waals surface area contributed by atoms with Crippen LogP contribution in [0.2, 0.25) is 0 Å². The van der Waals surface area contributed by atoms with Crippen molar-refractivity contribution in [2.24, 2.45) is 0 Å². The molecule has 0 radical (unpaired) electrons. The smallest absolute Gasteiger partial charge is 0.0300 e. The summed E-state index contributed by atoms with van der Waals surface area (Å²) in [4.78, 5) is 4.14. The molecule has 2 heteroatoms. The van der Waals surface area contributed by atoms with Crippen molar-refractivity contribution in [1.29, 1.82) is 0 Å². The molecular weight excluding hydrogens is 232 g/mol. The normalized spacial score (nSPS) is 14.5. The zero-order valence-electron chi connectivity index (χ0n) is 11.2. The number of hydrogen-bond acceptors (Lipinski definition) is 2. The van der Waals surface area contributed by atoms with Crippen molar-refractivity contribution in [1.82, 2.24) is 10.3 Å². The molecule has 0 spiro atoms. The first-order valence-corrected chi connectivity index (χ1v) is 7.11. The lowest BCUT2D eigenvalue weighted by atomic mass is 10.0. The van der Waals surface area contributed by atoms with E-state index in [1.54, 1.807) is 5.56 Å². The third kappa shape index (κ3) is 3.42. The number of nitrogens with zero attached hydrogens (tertiary/aromatic N) is 1. The first-order chi connectivity index (χ1) is 9.43. The van der Waals surface area contributed by atoms with Crippen LogP contribution in [0.1, 0.15) is 35.4 Å². The van der Waals surface area contributed by atoms with Crippen LogP contribution in [-0.2, 0) is 13.0 Å². The van der Waals surface area contributed by atoms with Gasteiger partial charge < -0.3 is 5.32 Å². The van der Waals surface area contributed by atoms with Gasteiger partial charge in [-0.1, -0.05) is 30.3 Å². The number of nitrogens with one attached hydrogen (secondary N) is 1. The summed E-state index contributed by atoms with van der Waals surface area (Å²) in [7, 11) is 0. The van der Waals surface area contributed by atoms with Gasteiger partial charge in [-0.3, -0.25) is 4.98 Å². The van der Waals surface area contributed by atoms with E-state index in [0.717, 1.165) is 25.4 Å². The minimum Gasteiger partial charge on any atom is -0.312 e. The molecule has 19 heavy (non-hydrogen) atoms. The average molecular weight is 252 g/mol. The standard InChI is InChI=1S/C17H20N2/c1-2-6-17(15-7-8-15)16(5-1)13-19-11-9-14-4-3-10-18-12-14/h1-6,10,12,15,19H,7-9,11,13H2. The van der Waals surface area contributed by atoms with E-state index < -0.39 is 0 Å². The van der Waals surface area contributed by atoms with Crippen LogP contribution in [0.3, 0.4) is 0 Å². The molecule has 1 N–H and O–H groups in total.